The number of hydrogen-bond donors (Lipinski definition) is 2. The molecule has 2 atom stereocenters. The molecule has 4 nitrogen and oxygen atoms in total. The first-order valence-corrected chi connectivity index (χ1v) is 6.96. The number of rotatable bonds is 4. The van der Waals surface area contributed by atoms with Crippen LogP contribution in [0.1, 0.15) is 24.2 Å². The van der Waals surface area contributed by atoms with Gasteiger partial charge in [-0.25, -0.2) is 4.98 Å². The van der Waals surface area contributed by atoms with Crippen LogP contribution >= 0.6 is 15.9 Å². The molecule has 0 aliphatic heterocycles. The lowest BCUT2D eigenvalue weighted by molar-refractivity contribution is 0.160. The summed E-state index contributed by atoms with van der Waals surface area (Å²) in [6, 6.07) is 12.7. The zero-order valence-electron chi connectivity index (χ0n) is 10.9. The van der Waals surface area contributed by atoms with Crippen molar-refractivity contribution in [2.24, 2.45) is 0 Å². The van der Waals surface area contributed by atoms with Crippen LogP contribution in [0.5, 0.6) is 0 Å². The van der Waals surface area contributed by atoms with Gasteiger partial charge in [0.2, 0.25) is 0 Å². The Kier molecular flexibility index (Phi) is 4.72. The van der Waals surface area contributed by atoms with Gasteiger partial charge >= 0.3 is 0 Å². The lowest BCUT2D eigenvalue weighted by Crippen LogP contribution is -2.25. The third-order valence-electron chi connectivity index (χ3n) is 2.98. The summed E-state index contributed by atoms with van der Waals surface area (Å²) in [5, 5.41) is 22.4. The van der Waals surface area contributed by atoms with E-state index in [1.165, 1.54) is 0 Å². The fourth-order valence-electron chi connectivity index (χ4n) is 1.85. The van der Waals surface area contributed by atoms with Gasteiger partial charge in [0.05, 0.1) is 17.7 Å². The highest BCUT2D eigenvalue weighted by Crippen LogP contribution is 2.22. The first kappa shape index (κ1) is 14.5. The van der Waals surface area contributed by atoms with Crippen molar-refractivity contribution < 1.29 is 5.11 Å². The molecule has 0 radical (unpaired) electrons. The molecule has 1 aromatic heterocycles. The smallest absolute Gasteiger partial charge is 0.144 e. The van der Waals surface area contributed by atoms with Crippen molar-refractivity contribution in [3.63, 3.8) is 0 Å². The quantitative estimate of drug-likeness (QED) is 0.902. The van der Waals surface area contributed by atoms with Gasteiger partial charge < -0.3 is 10.4 Å². The zero-order valence-corrected chi connectivity index (χ0v) is 12.5. The maximum Gasteiger partial charge on any atom is 0.144 e. The van der Waals surface area contributed by atoms with Crippen molar-refractivity contribution in [1.82, 2.24) is 4.98 Å². The molecule has 102 valence electrons. The molecule has 2 rings (SSSR count). The SMILES string of the molecule is C[C@H](Nc1ncccc1C#N)[C@H](O)c1ccc(Br)cc1. The second-order valence-corrected chi connectivity index (χ2v) is 5.36. The molecular weight excluding hydrogens is 318 g/mol. The van der Waals surface area contributed by atoms with Crippen molar-refractivity contribution in [2.75, 3.05) is 5.32 Å². The third kappa shape index (κ3) is 3.35. The van der Waals surface area contributed by atoms with Crippen LogP contribution in [-0.2, 0) is 0 Å². The Morgan fingerprint density at radius 1 is 1.30 bits per heavy atom. The fraction of sp³-hybridized carbons (Fsp3) is 0.200. The standard InChI is InChI=1S/C15H14BrN3O/c1-10(14(20)11-4-6-13(16)7-5-11)19-15-12(9-17)3-2-8-18-15/h2-8,10,14,20H,1H3,(H,18,19)/t10-,14-/m0/s1. The van der Waals surface area contributed by atoms with E-state index in [0.717, 1.165) is 10.0 Å². The average Bonchev–Trinajstić information content (AvgIpc) is 2.48. The molecule has 0 saturated heterocycles. The number of aromatic nitrogens is 1. The molecule has 0 fully saturated rings. The third-order valence-corrected chi connectivity index (χ3v) is 3.51. The Labute approximate surface area is 126 Å². The molecule has 0 amide bonds. The molecule has 0 saturated carbocycles. The van der Waals surface area contributed by atoms with Gasteiger partial charge in [0.25, 0.3) is 0 Å². The first-order valence-electron chi connectivity index (χ1n) is 6.17. The monoisotopic (exact) mass is 331 g/mol. The summed E-state index contributed by atoms with van der Waals surface area (Å²) in [7, 11) is 0. The van der Waals surface area contributed by atoms with Gasteiger partial charge in [-0.1, -0.05) is 28.1 Å². The van der Waals surface area contributed by atoms with Gasteiger partial charge in [-0.2, -0.15) is 5.26 Å². The summed E-state index contributed by atoms with van der Waals surface area (Å²) in [6.07, 6.45) is 0.929. The van der Waals surface area contributed by atoms with Crippen LogP contribution in [0.3, 0.4) is 0 Å². The summed E-state index contributed by atoms with van der Waals surface area (Å²) in [6.45, 7) is 1.85. The number of nitrogens with zero attached hydrogens (tertiary/aromatic N) is 2. The van der Waals surface area contributed by atoms with Crippen LogP contribution in [-0.4, -0.2) is 16.1 Å². The number of anilines is 1. The molecule has 1 aromatic carbocycles. The molecule has 2 N–H and O–H groups in total. The van der Waals surface area contributed by atoms with Crippen molar-refractivity contribution in [2.45, 2.75) is 19.1 Å². The molecule has 5 heteroatoms. The summed E-state index contributed by atoms with van der Waals surface area (Å²) >= 11 is 3.36. The van der Waals surface area contributed by atoms with Gasteiger partial charge in [-0.15, -0.1) is 0 Å². The highest BCUT2D eigenvalue weighted by atomic mass is 79.9. The van der Waals surface area contributed by atoms with E-state index in [9.17, 15) is 5.11 Å². The highest BCUT2D eigenvalue weighted by molar-refractivity contribution is 9.10. The van der Waals surface area contributed by atoms with E-state index in [1.54, 1.807) is 18.3 Å². The average molecular weight is 332 g/mol. The number of aliphatic hydroxyl groups excluding tert-OH is 1. The van der Waals surface area contributed by atoms with Gasteiger partial charge in [0.1, 0.15) is 11.9 Å². The lowest BCUT2D eigenvalue weighted by Gasteiger charge is -2.21. The molecule has 0 bridgehead atoms. The molecule has 20 heavy (non-hydrogen) atoms. The zero-order chi connectivity index (χ0) is 14.5. The van der Waals surface area contributed by atoms with Crippen LogP contribution in [0.2, 0.25) is 0 Å². The highest BCUT2D eigenvalue weighted by Gasteiger charge is 2.17. The van der Waals surface area contributed by atoms with Crippen LogP contribution in [0, 0.1) is 11.3 Å². The Morgan fingerprint density at radius 2 is 2.00 bits per heavy atom. The van der Waals surface area contributed by atoms with Gasteiger partial charge in [0.15, 0.2) is 0 Å². The molecule has 2 aromatic rings. The van der Waals surface area contributed by atoms with Crippen molar-refractivity contribution in [3.8, 4) is 6.07 Å². The predicted octanol–water partition coefficient (Wildman–Crippen LogP) is 3.25. The van der Waals surface area contributed by atoms with Crippen LogP contribution in [0.25, 0.3) is 0 Å². The van der Waals surface area contributed by atoms with E-state index in [2.05, 4.69) is 32.3 Å². The van der Waals surface area contributed by atoms with E-state index < -0.39 is 6.10 Å². The Balaban J connectivity index is 2.13. The van der Waals surface area contributed by atoms with E-state index >= 15 is 0 Å². The Bertz CT molecular complexity index is 622. The largest absolute Gasteiger partial charge is 0.386 e. The molecular formula is C15H14BrN3O. The van der Waals surface area contributed by atoms with Gasteiger partial charge in [-0.3, -0.25) is 0 Å². The number of nitriles is 1. The number of halogens is 1. The van der Waals surface area contributed by atoms with Gasteiger partial charge in [-0.05, 0) is 36.8 Å². The Morgan fingerprint density at radius 3 is 2.65 bits per heavy atom. The number of hydrogen-bond acceptors (Lipinski definition) is 4. The molecule has 0 aliphatic rings. The predicted molar refractivity (Wildman–Crippen MR) is 81.1 cm³/mol. The topological polar surface area (TPSA) is 68.9 Å². The first-order chi connectivity index (χ1) is 9.61. The number of nitrogens with one attached hydrogen (secondary N) is 1. The van der Waals surface area contributed by atoms with Crippen LogP contribution < -0.4 is 5.32 Å². The molecule has 0 aliphatic carbocycles. The summed E-state index contributed by atoms with van der Waals surface area (Å²) in [5.41, 5.74) is 1.27. The second-order valence-electron chi connectivity index (χ2n) is 4.44. The minimum absolute atomic E-state index is 0.266. The maximum absolute atomic E-state index is 10.3. The maximum atomic E-state index is 10.3. The van der Waals surface area contributed by atoms with E-state index in [-0.39, 0.29) is 6.04 Å². The van der Waals surface area contributed by atoms with E-state index in [4.69, 9.17) is 5.26 Å². The number of benzene rings is 1. The van der Waals surface area contributed by atoms with Gasteiger partial charge in [0, 0.05) is 10.7 Å². The Hall–Kier alpha value is -1.90. The molecule has 0 spiro atoms. The van der Waals surface area contributed by atoms with Crippen molar-refractivity contribution >= 4 is 21.7 Å². The van der Waals surface area contributed by atoms with E-state index in [0.29, 0.717) is 11.4 Å². The summed E-state index contributed by atoms with van der Waals surface area (Å²) in [5.74, 6) is 0.485. The minimum Gasteiger partial charge on any atom is -0.386 e. The molecule has 1 heterocycles. The minimum atomic E-state index is -0.684. The second kappa shape index (κ2) is 6.51. The normalized spacial score (nSPS) is 13.3. The van der Waals surface area contributed by atoms with E-state index in [1.807, 2.05) is 31.2 Å². The summed E-state index contributed by atoms with van der Waals surface area (Å²) < 4.78 is 0.963. The van der Waals surface area contributed by atoms with Crippen molar-refractivity contribution in [3.05, 3.63) is 58.2 Å². The lowest BCUT2D eigenvalue weighted by atomic mass is 10.0. The number of pyridine rings is 1. The molecule has 0 unspecified atom stereocenters. The summed E-state index contributed by atoms with van der Waals surface area (Å²) in [4.78, 5) is 4.13. The van der Waals surface area contributed by atoms with Crippen LogP contribution in [0.15, 0.2) is 47.1 Å². The number of aliphatic hydroxyl groups is 1. The fourth-order valence-corrected chi connectivity index (χ4v) is 2.12. The van der Waals surface area contributed by atoms with Crippen molar-refractivity contribution in [1.29, 1.82) is 5.26 Å². The van der Waals surface area contributed by atoms with Crippen LogP contribution in [0.4, 0.5) is 5.82 Å².